The minimum atomic E-state index is -0.470. The van der Waals surface area contributed by atoms with Gasteiger partial charge in [-0.05, 0) is 75.6 Å². The molecule has 0 spiro atoms. The van der Waals surface area contributed by atoms with Crippen molar-refractivity contribution in [2.45, 2.75) is 77.7 Å². The van der Waals surface area contributed by atoms with Crippen LogP contribution in [0.2, 0.25) is 0 Å². The minimum absolute atomic E-state index is 0.0518. The van der Waals surface area contributed by atoms with E-state index in [0.717, 1.165) is 43.5 Å². The highest BCUT2D eigenvalue weighted by Gasteiger charge is 2.37. The summed E-state index contributed by atoms with van der Waals surface area (Å²) in [6, 6.07) is 13.9. The lowest BCUT2D eigenvalue weighted by molar-refractivity contribution is -0.121. The van der Waals surface area contributed by atoms with Crippen molar-refractivity contribution < 1.29 is 23.9 Å². The second-order valence-corrected chi connectivity index (χ2v) is 12.1. The summed E-state index contributed by atoms with van der Waals surface area (Å²) in [7, 11) is 0. The Balaban J connectivity index is 1.13. The fourth-order valence-corrected chi connectivity index (χ4v) is 5.74. The van der Waals surface area contributed by atoms with Crippen molar-refractivity contribution in [2.75, 3.05) is 13.1 Å². The summed E-state index contributed by atoms with van der Waals surface area (Å²) >= 11 is 0. The molecule has 3 amide bonds. The molecule has 1 N–H and O–H groups in total. The SMILES string of the molecule is C=C1NC(=O)CCC1N1Cc2c(OCc3ccc(CC4CCN(C(=O)OC(C)(C)C)CC4)cc3)cccc2C1=O. The van der Waals surface area contributed by atoms with E-state index in [1.165, 1.54) is 5.56 Å². The van der Waals surface area contributed by atoms with Gasteiger partial charge in [0, 0.05) is 36.3 Å². The maximum atomic E-state index is 13.1. The van der Waals surface area contributed by atoms with E-state index in [2.05, 4.69) is 36.2 Å². The van der Waals surface area contributed by atoms with Crippen LogP contribution in [0.1, 0.15) is 73.5 Å². The number of piperidine rings is 2. The fraction of sp³-hybridized carbons (Fsp3) is 0.469. The molecule has 2 fully saturated rings. The lowest BCUT2D eigenvalue weighted by Gasteiger charge is -2.33. The number of ether oxygens (including phenoxy) is 2. The predicted octanol–water partition coefficient (Wildman–Crippen LogP) is 5.20. The minimum Gasteiger partial charge on any atom is -0.489 e. The molecule has 0 radical (unpaired) electrons. The average Bonchev–Trinajstić information content (AvgIpc) is 3.24. The van der Waals surface area contributed by atoms with Gasteiger partial charge in [-0.15, -0.1) is 0 Å². The molecule has 3 aliphatic rings. The van der Waals surface area contributed by atoms with Crippen molar-refractivity contribution in [3.05, 3.63) is 77.0 Å². The van der Waals surface area contributed by atoms with E-state index in [0.29, 0.717) is 48.9 Å². The summed E-state index contributed by atoms with van der Waals surface area (Å²) in [4.78, 5) is 40.8. The number of hydrogen-bond acceptors (Lipinski definition) is 5. The first kappa shape index (κ1) is 27.7. The van der Waals surface area contributed by atoms with Gasteiger partial charge >= 0.3 is 6.09 Å². The highest BCUT2D eigenvalue weighted by molar-refractivity contribution is 5.99. The molecule has 0 aromatic heterocycles. The van der Waals surface area contributed by atoms with Gasteiger partial charge in [-0.3, -0.25) is 9.59 Å². The average molecular weight is 546 g/mol. The lowest BCUT2D eigenvalue weighted by Crippen LogP contribution is -2.45. The van der Waals surface area contributed by atoms with Gasteiger partial charge < -0.3 is 24.6 Å². The number of nitrogens with zero attached hydrogens (tertiary/aromatic N) is 2. The third-order valence-electron chi connectivity index (χ3n) is 7.88. The summed E-state index contributed by atoms with van der Waals surface area (Å²) in [5, 5.41) is 2.78. The lowest BCUT2D eigenvalue weighted by atomic mass is 9.90. The number of hydrogen-bond donors (Lipinski definition) is 1. The largest absolute Gasteiger partial charge is 0.489 e. The fourth-order valence-electron chi connectivity index (χ4n) is 5.74. The molecule has 212 valence electrons. The molecular weight excluding hydrogens is 506 g/mol. The van der Waals surface area contributed by atoms with Crippen molar-refractivity contribution in [1.82, 2.24) is 15.1 Å². The topological polar surface area (TPSA) is 88.2 Å². The first-order valence-corrected chi connectivity index (χ1v) is 14.2. The molecular formula is C32H39N3O5. The molecule has 2 saturated heterocycles. The standard InChI is InChI=1S/C32H39N3O5/c1-21-27(12-13-29(36)33-21)35-19-26-25(30(35)37)6-5-7-28(26)39-20-24-10-8-22(9-11-24)18-23-14-16-34(17-15-23)31(38)40-32(2,3)4/h5-11,23,27H,1,12-20H2,2-4H3,(H,33,36). The van der Waals surface area contributed by atoms with Gasteiger partial charge in [0.05, 0.1) is 12.6 Å². The highest BCUT2D eigenvalue weighted by Crippen LogP contribution is 2.35. The number of carbonyl (C=O) groups excluding carboxylic acids is 3. The predicted molar refractivity (Wildman–Crippen MR) is 152 cm³/mol. The zero-order valence-electron chi connectivity index (χ0n) is 23.7. The van der Waals surface area contributed by atoms with Crippen LogP contribution in [0.15, 0.2) is 54.7 Å². The Kier molecular flexibility index (Phi) is 7.88. The summed E-state index contributed by atoms with van der Waals surface area (Å²) in [5.41, 5.74) is 3.98. The van der Waals surface area contributed by atoms with E-state index in [4.69, 9.17) is 9.47 Å². The Morgan fingerprint density at radius 1 is 1.02 bits per heavy atom. The van der Waals surface area contributed by atoms with Gasteiger partial charge in [-0.25, -0.2) is 4.79 Å². The van der Waals surface area contributed by atoms with Crippen molar-refractivity contribution in [3.8, 4) is 5.75 Å². The van der Waals surface area contributed by atoms with Crippen LogP contribution < -0.4 is 10.1 Å². The van der Waals surface area contributed by atoms with Crippen LogP contribution in [0.25, 0.3) is 0 Å². The normalized spacial score (nSPS) is 19.9. The second kappa shape index (κ2) is 11.4. The Bertz CT molecular complexity index is 1290. The Morgan fingerprint density at radius 2 is 1.73 bits per heavy atom. The monoisotopic (exact) mass is 545 g/mol. The van der Waals surface area contributed by atoms with Crippen molar-refractivity contribution in [3.63, 3.8) is 0 Å². The van der Waals surface area contributed by atoms with Gasteiger partial charge in [-0.2, -0.15) is 0 Å². The van der Waals surface area contributed by atoms with Gasteiger partial charge in [0.1, 0.15) is 18.0 Å². The summed E-state index contributed by atoms with van der Waals surface area (Å²) in [6.07, 6.45) is 3.67. The maximum absolute atomic E-state index is 13.1. The number of likely N-dealkylation sites (tertiary alicyclic amines) is 1. The Hall–Kier alpha value is -3.81. The molecule has 0 aliphatic carbocycles. The number of benzene rings is 2. The van der Waals surface area contributed by atoms with Crippen molar-refractivity contribution in [1.29, 1.82) is 0 Å². The summed E-state index contributed by atoms with van der Waals surface area (Å²) < 4.78 is 11.7. The highest BCUT2D eigenvalue weighted by atomic mass is 16.6. The van der Waals surface area contributed by atoms with Gasteiger partial charge in [0.15, 0.2) is 0 Å². The molecule has 1 unspecified atom stereocenters. The summed E-state index contributed by atoms with van der Waals surface area (Å²) in [6.45, 7) is 12.0. The molecule has 3 heterocycles. The van der Waals surface area contributed by atoms with Crippen LogP contribution in [0.3, 0.4) is 0 Å². The second-order valence-electron chi connectivity index (χ2n) is 12.1. The van der Waals surface area contributed by atoms with E-state index in [1.807, 2.05) is 43.9 Å². The van der Waals surface area contributed by atoms with Gasteiger partial charge in [0.2, 0.25) is 5.91 Å². The molecule has 40 heavy (non-hydrogen) atoms. The quantitative estimate of drug-likeness (QED) is 0.539. The molecule has 2 aromatic rings. The van der Waals surface area contributed by atoms with Crippen LogP contribution in [0, 0.1) is 5.92 Å². The molecule has 1 atom stereocenters. The number of nitrogens with one attached hydrogen (secondary N) is 1. The molecule has 2 aromatic carbocycles. The molecule has 0 bridgehead atoms. The number of rotatable bonds is 6. The third-order valence-corrected chi connectivity index (χ3v) is 7.88. The molecule has 8 heteroatoms. The van der Waals surface area contributed by atoms with Gasteiger partial charge in [0.25, 0.3) is 5.91 Å². The third kappa shape index (κ3) is 6.32. The van der Waals surface area contributed by atoms with E-state index >= 15 is 0 Å². The molecule has 5 rings (SSSR count). The smallest absolute Gasteiger partial charge is 0.410 e. The van der Waals surface area contributed by atoms with E-state index in [-0.39, 0.29) is 23.9 Å². The first-order chi connectivity index (χ1) is 19.1. The van der Waals surface area contributed by atoms with Gasteiger partial charge in [-0.1, -0.05) is 36.9 Å². The van der Waals surface area contributed by atoms with Crippen LogP contribution in [-0.2, 0) is 29.1 Å². The number of fused-ring (bicyclic) bond motifs is 1. The van der Waals surface area contributed by atoms with Crippen molar-refractivity contribution >= 4 is 17.9 Å². The van der Waals surface area contributed by atoms with E-state index in [9.17, 15) is 14.4 Å². The zero-order valence-corrected chi connectivity index (χ0v) is 23.7. The molecule has 0 saturated carbocycles. The van der Waals surface area contributed by atoms with Crippen LogP contribution in [-0.4, -0.2) is 52.4 Å². The molecule has 3 aliphatic heterocycles. The van der Waals surface area contributed by atoms with Crippen LogP contribution in [0.4, 0.5) is 4.79 Å². The summed E-state index contributed by atoms with van der Waals surface area (Å²) in [5.74, 6) is 1.15. The van der Waals surface area contributed by atoms with Crippen LogP contribution in [0.5, 0.6) is 5.75 Å². The molecule has 8 nitrogen and oxygen atoms in total. The number of amides is 3. The maximum Gasteiger partial charge on any atom is 0.410 e. The number of carbonyl (C=O) groups is 3. The first-order valence-electron chi connectivity index (χ1n) is 14.2. The van der Waals surface area contributed by atoms with Crippen LogP contribution >= 0.6 is 0 Å². The Labute approximate surface area is 236 Å². The van der Waals surface area contributed by atoms with E-state index in [1.54, 1.807) is 4.90 Å². The van der Waals surface area contributed by atoms with Crippen molar-refractivity contribution in [2.24, 2.45) is 5.92 Å². The zero-order chi connectivity index (χ0) is 28.4. The Morgan fingerprint density at radius 3 is 2.40 bits per heavy atom. The van der Waals surface area contributed by atoms with E-state index < -0.39 is 5.60 Å².